The lowest BCUT2D eigenvalue weighted by molar-refractivity contribution is -0.146. The summed E-state index contributed by atoms with van der Waals surface area (Å²) in [7, 11) is 3.20. The number of carbonyl (C=O) groups is 2. The van der Waals surface area contributed by atoms with Crippen molar-refractivity contribution in [1.29, 1.82) is 0 Å². The van der Waals surface area contributed by atoms with Crippen molar-refractivity contribution < 1.29 is 14.3 Å². The highest BCUT2D eigenvalue weighted by molar-refractivity contribution is 5.81. The number of rotatable bonds is 5. The fourth-order valence-electron chi connectivity index (χ4n) is 3.70. The Labute approximate surface area is 150 Å². The maximum atomic E-state index is 12.1. The first-order valence-corrected chi connectivity index (χ1v) is 9.46. The van der Waals surface area contributed by atoms with E-state index >= 15 is 0 Å². The SMILES string of the molecule is CN=C(NCCNC(=O)C1CCCCC1)N1CCC(C(=O)OC)CC1. The van der Waals surface area contributed by atoms with Crippen LogP contribution < -0.4 is 10.6 Å². The molecule has 1 aliphatic heterocycles. The lowest BCUT2D eigenvalue weighted by Crippen LogP contribution is -2.48. The number of ether oxygens (including phenoxy) is 1. The third kappa shape index (κ3) is 5.90. The summed E-state index contributed by atoms with van der Waals surface area (Å²) in [4.78, 5) is 30.2. The van der Waals surface area contributed by atoms with Crippen LogP contribution in [-0.4, -0.2) is 63.1 Å². The fourth-order valence-corrected chi connectivity index (χ4v) is 3.70. The number of hydrogen-bond acceptors (Lipinski definition) is 4. The van der Waals surface area contributed by atoms with E-state index in [9.17, 15) is 9.59 Å². The third-order valence-corrected chi connectivity index (χ3v) is 5.22. The van der Waals surface area contributed by atoms with E-state index in [2.05, 4.69) is 20.5 Å². The van der Waals surface area contributed by atoms with Crippen molar-refractivity contribution in [3.8, 4) is 0 Å². The topological polar surface area (TPSA) is 83.0 Å². The van der Waals surface area contributed by atoms with E-state index in [4.69, 9.17) is 4.74 Å². The number of carbonyl (C=O) groups excluding carboxylic acids is 2. The van der Waals surface area contributed by atoms with Gasteiger partial charge >= 0.3 is 5.97 Å². The van der Waals surface area contributed by atoms with Crippen LogP contribution in [0.2, 0.25) is 0 Å². The molecule has 1 heterocycles. The van der Waals surface area contributed by atoms with E-state index < -0.39 is 0 Å². The van der Waals surface area contributed by atoms with Crippen LogP contribution in [0.5, 0.6) is 0 Å². The monoisotopic (exact) mass is 352 g/mol. The van der Waals surface area contributed by atoms with Gasteiger partial charge in [-0.25, -0.2) is 0 Å². The molecule has 142 valence electrons. The van der Waals surface area contributed by atoms with Crippen LogP contribution in [0.15, 0.2) is 4.99 Å². The van der Waals surface area contributed by atoms with Crippen molar-refractivity contribution in [2.75, 3.05) is 40.3 Å². The number of nitrogens with one attached hydrogen (secondary N) is 2. The molecule has 0 unspecified atom stereocenters. The molecule has 1 amide bonds. The summed E-state index contributed by atoms with van der Waals surface area (Å²) in [5.41, 5.74) is 0. The number of methoxy groups -OCH3 is 1. The first-order valence-electron chi connectivity index (χ1n) is 9.46. The van der Waals surface area contributed by atoms with Crippen LogP contribution in [0.4, 0.5) is 0 Å². The summed E-state index contributed by atoms with van der Waals surface area (Å²) in [6, 6.07) is 0. The Morgan fingerprint density at radius 2 is 1.64 bits per heavy atom. The van der Waals surface area contributed by atoms with Crippen LogP contribution in [-0.2, 0) is 14.3 Å². The first-order chi connectivity index (χ1) is 12.2. The largest absolute Gasteiger partial charge is 0.469 e. The molecule has 0 bridgehead atoms. The lowest BCUT2D eigenvalue weighted by Gasteiger charge is -2.33. The molecule has 1 saturated carbocycles. The molecular formula is C18H32N4O3. The van der Waals surface area contributed by atoms with Gasteiger partial charge in [0, 0.05) is 39.1 Å². The molecular weight excluding hydrogens is 320 g/mol. The molecule has 1 aliphatic carbocycles. The molecule has 2 N–H and O–H groups in total. The third-order valence-electron chi connectivity index (χ3n) is 5.22. The zero-order valence-corrected chi connectivity index (χ0v) is 15.6. The Morgan fingerprint density at radius 1 is 1.00 bits per heavy atom. The van der Waals surface area contributed by atoms with Crippen molar-refractivity contribution in [3.05, 3.63) is 0 Å². The van der Waals surface area contributed by atoms with Crippen LogP contribution >= 0.6 is 0 Å². The highest BCUT2D eigenvalue weighted by Gasteiger charge is 2.27. The van der Waals surface area contributed by atoms with Crippen molar-refractivity contribution >= 4 is 17.8 Å². The van der Waals surface area contributed by atoms with Crippen LogP contribution in [0.25, 0.3) is 0 Å². The predicted octanol–water partition coefficient (Wildman–Crippen LogP) is 1.14. The minimum Gasteiger partial charge on any atom is -0.469 e. The first kappa shape index (κ1) is 19.5. The van der Waals surface area contributed by atoms with Gasteiger partial charge in [-0.05, 0) is 25.7 Å². The minimum absolute atomic E-state index is 0.00543. The predicted molar refractivity (Wildman–Crippen MR) is 97.3 cm³/mol. The molecule has 1 saturated heterocycles. The summed E-state index contributed by atoms with van der Waals surface area (Å²) < 4.78 is 4.82. The van der Waals surface area contributed by atoms with Gasteiger partial charge in [-0.15, -0.1) is 0 Å². The quantitative estimate of drug-likeness (QED) is 0.336. The highest BCUT2D eigenvalue weighted by atomic mass is 16.5. The highest BCUT2D eigenvalue weighted by Crippen LogP contribution is 2.23. The van der Waals surface area contributed by atoms with Gasteiger partial charge in [-0.3, -0.25) is 14.6 Å². The molecule has 2 fully saturated rings. The Morgan fingerprint density at radius 3 is 2.24 bits per heavy atom. The molecule has 0 atom stereocenters. The van der Waals surface area contributed by atoms with E-state index in [0.717, 1.165) is 44.7 Å². The smallest absolute Gasteiger partial charge is 0.308 e. The molecule has 25 heavy (non-hydrogen) atoms. The number of amides is 1. The second-order valence-corrected chi connectivity index (χ2v) is 6.88. The Hall–Kier alpha value is -1.79. The van der Waals surface area contributed by atoms with Gasteiger partial charge in [0.2, 0.25) is 5.91 Å². The van der Waals surface area contributed by atoms with Gasteiger partial charge in [0.25, 0.3) is 0 Å². The van der Waals surface area contributed by atoms with E-state index in [0.29, 0.717) is 13.1 Å². The van der Waals surface area contributed by atoms with E-state index in [1.807, 2.05) is 0 Å². The van der Waals surface area contributed by atoms with Crippen molar-refractivity contribution in [3.63, 3.8) is 0 Å². The van der Waals surface area contributed by atoms with Gasteiger partial charge in [0.1, 0.15) is 0 Å². The van der Waals surface area contributed by atoms with Crippen molar-refractivity contribution in [2.45, 2.75) is 44.9 Å². The number of nitrogens with zero attached hydrogens (tertiary/aromatic N) is 2. The standard InChI is InChI=1S/C18H32N4O3/c1-19-18(22-12-8-15(9-13-22)17(24)25-2)21-11-10-20-16(23)14-6-4-3-5-7-14/h14-15H,3-13H2,1-2H3,(H,19,21)(H,20,23). The number of likely N-dealkylation sites (tertiary alicyclic amines) is 1. The molecule has 0 aromatic rings. The maximum Gasteiger partial charge on any atom is 0.308 e. The van der Waals surface area contributed by atoms with Gasteiger partial charge in [0.15, 0.2) is 5.96 Å². The number of aliphatic imine (C=N–C) groups is 1. The average Bonchev–Trinajstić information content (AvgIpc) is 2.68. The second kappa shape index (κ2) is 10.3. The van der Waals surface area contributed by atoms with Crippen molar-refractivity contribution in [2.24, 2.45) is 16.8 Å². The molecule has 0 radical (unpaired) electrons. The number of piperidine rings is 1. The lowest BCUT2D eigenvalue weighted by atomic mass is 9.89. The normalized spacial score (nSPS) is 20.2. The average molecular weight is 352 g/mol. The van der Waals surface area contributed by atoms with Crippen LogP contribution in [0, 0.1) is 11.8 Å². The summed E-state index contributed by atoms with van der Waals surface area (Å²) >= 11 is 0. The molecule has 2 rings (SSSR count). The van der Waals surface area contributed by atoms with E-state index in [-0.39, 0.29) is 23.7 Å². The Bertz CT molecular complexity index is 467. The summed E-state index contributed by atoms with van der Waals surface area (Å²) in [5, 5.41) is 6.33. The zero-order valence-electron chi connectivity index (χ0n) is 15.6. The Balaban J connectivity index is 1.65. The van der Waals surface area contributed by atoms with Gasteiger partial charge in [-0.2, -0.15) is 0 Å². The summed E-state index contributed by atoms with van der Waals surface area (Å²) in [5.74, 6) is 1.10. The summed E-state index contributed by atoms with van der Waals surface area (Å²) in [6.07, 6.45) is 7.22. The van der Waals surface area contributed by atoms with Gasteiger partial charge in [0.05, 0.1) is 13.0 Å². The molecule has 0 aromatic heterocycles. The number of hydrogen-bond donors (Lipinski definition) is 2. The van der Waals surface area contributed by atoms with E-state index in [1.54, 1.807) is 7.05 Å². The maximum absolute atomic E-state index is 12.1. The van der Waals surface area contributed by atoms with Gasteiger partial charge < -0.3 is 20.3 Å². The number of esters is 1. The fraction of sp³-hybridized carbons (Fsp3) is 0.833. The number of guanidine groups is 1. The zero-order chi connectivity index (χ0) is 18.1. The minimum atomic E-state index is -0.118. The molecule has 2 aliphatic rings. The van der Waals surface area contributed by atoms with Gasteiger partial charge in [-0.1, -0.05) is 19.3 Å². The molecule has 7 nitrogen and oxygen atoms in total. The van der Waals surface area contributed by atoms with Crippen molar-refractivity contribution in [1.82, 2.24) is 15.5 Å². The molecule has 0 spiro atoms. The second-order valence-electron chi connectivity index (χ2n) is 6.88. The van der Waals surface area contributed by atoms with E-state index in [1.165, 1.54) is 26.4 Å². The molecule has 7 heteroatoms. The Kier molecular flexibility index (Phi) is 8.01. The van der Waals surface area contributed by atoms with Crippen LogP contribution in [0.1, 0.15) is 44.9 Å². The molecule has 0 aromatic carbocycles. The van der Waals surface area contributed by atoms with Crippen LogP contribution in [0.3, 0.4) is 0 Å². The summed E-state index contributed by atoms with van der Waals surface area (Å²) in [6.45, 7) is 2.83.